The van der Waals surface area contributed by atoms with Crippen molar-refractivity contribution >= 4 is 5.69 Å². The molecule has 2 nitrogen and oxygen atoms in total. The molecular weight excluding hydrogens is 286 g/mol. The summed E-state index contributed by atoms with van der Waals surface area (Å²) in [6, 6.07) is 3.88. The zero-order valence-corrected chi connectivity index (χ0v) is 10.3. The van der Waals surface area contributed by atoms with Crippen LogP contribution in [0.5, 0.6) is 0 Å². The van der Waals surface area contributed by atoms with Gasteiger partial charge in [0, 0.05) is 12.2 Å². The molecular formula is C12H10F6N2. The van der Waals surface area contributed by atoms with Crippen LogP contribution in [0.2, 0.25) is 0 Å². The SMILES string of the molecule is CCN(CC(F)(F)F)c1ccc(C#N)c(C(F)(F)F)c1. The van der Waals surface area contributed by atoms with Gasteiger partial charge in [0.25, 0.3) is 0 Å². The summed E-state index contributed by atoms with van der Waals surface area (Å²) in [5.74, 6) is 0. The molecule has 1 aromatic rings. The third kappa shape index (κ3) is 4.05. The van der Waals surface area contributed by atoms with E-state index in [2.05, 4.69) is 0 Å². The first-order chi connectivity index (χ1) is 9.08. The van der Waals surface area contributed by atoms with Gasteiger partial charge < -0.3 is 4.90 Å². The molecule has 0 fully saturated rings. The molecule has 0 aliphatic carbocycles. The number of rotatable bonds is 3. The predicted molar refractivity (Wildman–Crippen MR) is 60.1 cm³/mol. The summed E-state index contributed by atoms with van der Waals surface area (Å²) in [6.07, 6.45) is -9.32. The van der Waals surface area contributed by atoms with Crippen LogP contribution < -0.4 is 4.90 Å². The Balaban J connectivity index is 3.23. The van der Waals surface area contributed by atoms with E-state index in [1.54, 1.807) is 0 Å². The summed E-state index contributed by atoms with van der Waals surface area (Å²) in [4.78, 5) is 0.760. The van der Waals surface area contributed by atoms with E-state index in [-0.39, 0.29) is 12.2 Å². The molecule has 0 aliphatic heterocycles. The van der Waals surface area contributed by atoms with Crippen LogP contribution in [0.1, 0.15) is 18.1 Å². The molecule has 0 aromatic heterocycles. The molecule has 1 rings (SSSR count). The van der Waals surface area contributed by atoms with Gasteiger partial charge in [-0.05, 0) is 25.1 Å². The Hall–Kier alpha value is -1.91. The van der Waals surface area contributed by atoms with E-state index in [9.17, 15) is 26.3 Å². The summed E-state index contributed by atoms with van der Waals surface area (Å²) in [5.41, 5.74) is -2.08. The Labute approximate surface area is 111 Å². The summed E-state index contributed by atoms with van der Waals surface area (Å²) in [5, 5.41) is 8.61. The van der Waals surface area contributed by atoms with Gasteiger partial charge >= 0.3 is 12.4 Å². The quantitative estimate of drug-likeness (QED) is 0.789. The van der Waals surface area contributed by atoms with Crippen molar-refractivity contribution in [2.24, 2.45) is 0 Å². The Bertz CT molecular complexity index is 512. The lowest BCUT2D eigenvalue weighted by Crippen LogP contribution is -2.34. The number of nitriles is 1. The van der Waals surface area contributed by atoms with Crippen molar-refractivity contribution in [3.8, 4) is 6.07 Å². The van der Waals surface area contributed by atoms with Crippen molar-refractivity contribution in [3.63, 3.8) is 0 Å². The molecule has 0 saturated carbocycles. The third-order valence-electron chi connectivity index (χ3n) is 2.55. The van der Waals surface area contributed by atoms with Crippen molar-refractivity contribution in [1.82, 2.24) is 0 Å². The van der Waals surface area contributed by atoms with Crippen LogP contribution >= 0.6 is 0 Å². The van der Waals surface area contributed by atoms with Crippen molar-refractivity contribution < 1.29 is 26.3 Å². The number of nitrogens with zero attached hydrogens (tertiary/aromatic N) is 2. The van der Waals surface area contributed by atoms with Crippen LogP contribution in [-0.2, 0) is 6.18 Å². The highest BCUT2D eigenvalue weighted by atomic mass is 19.4. The highest BCUT2D eigenvalue weighted by Gasteiger charge is 2.35. The van der Waals surface area contributed by atoms with E-state index in [0.29, 0.717) is 6.07 Å². The summed E-state index contributed by atoms with van der Waals surface area (Å²) < 4.78 is 75.2. The fourth-order valence-electron chi connectivity index (χ4n) is 1.66. The lowest BCUT2D eigenvalue weighted by molar-refractivity contribution is -0.137. The van der Waals surface area contributed by atoms with Crippen LogP contribution in [-0.4, -0.2) is 19.3 Å². The second kappa shape index (κ2) is 5.61. The average Bonchev–Trinajstić information content (AvgIpc) is 2.33. The maximum atomic E-state index is 12.7. The number of hydrogen-bond acceptors (Lipinski definition) is 2. The topological polar surface area (TPSA) is 27.0 Å². The molecule has 0 saturated heterocycles. The van der Waals surface area contributed by atoms with Crippen LogP contribution in [0.25, 0.3) is 0 Å². The molecule has 0 aliphatic rings. The van der Waals surface area contributed by atoms with Crippen LogP contribution in [0.15, 0.2) is 18.2 Å². The maximum absolute atomic E-state index is 12.7. The fourth-order valence-corrected chi connectivity index (χ4v) is 1.66. The first kappa shape index (κ1) is 16.1. The van der Waals surface area contributed by atoms with E-state index in [0.717, 1.165) is 17.0 Å². The molecule has 0 spiro atoms. The monoisotopic (exact) mass is 296 g/mol. The molecule has 8 heteroatoms. The van der Waals surface area contributed by atoms with E-state index in [1.165, 1.54) is 13.0 Å². The van der Waals surface area contributed by atoms with E-state index in [4.69, 9.17) is 5.26 Å². The molecule has 20 heavy (non-hydrogen) atoms. The minimum atomic E-state index is -4.79. The summed E-state index contributed by atoms with van der Waals surface area (Å²) in [6.45, 7) is -0.0629. The van der Waals surface area contributed by atoms with Gasteiger partial charge in [-0.15, -0.1) is 0 Å². The summed E-state index contributed by atoms with van der Waals surface area (Å²) >= 11 is 0. The minimum Gasteiger partial charge on any atom is -0.363 e. The second-order valence-electron chi connectivity index (χ2n) is 3.97. The normalized spacial score (nSPS) is 12.1. The largest absolute Gasteiger partial charge is 0.417 e. The van der Waals surface area contributed by atoms with Gasteiger partial charge in [-0.25, -0.2) is 0 Å². The molecule has 110 valence electrons. The van der Waals surface area contributed by atoms with E-state index >= 15 is 0 Å². The Kier molecular flexibility index (Phi) is 4.53. The zero-order chi connectivity index (χ0) is 15.6. The number of halogens is 6. The zero-order valence-electron chi connectivity index (χ0n) is 10.3. The van der Waals surface area contributed by atoms with Crippen LogP contribution in [0, 0.1) is 11.3 Å². The Morgan fingerprint density at radius 1 is 1.15 bits per heavy atom. The smallest absolute Gasteiger partial charge is 0.363 e. The number of alkyl halides is 6. The highest BCUT2D eigenvalue weighted by molar-refractivity contribution is 5.54. The number of hydrogen-bond donors (Lipinski definition) is 0. The summed E-state index contributed by atoms with van der Waals surface area (Å²) in [7, 11) is 0. The van der Waals surface area contributed by atoms with Gasteiger partial charge in [-0.1, -0.05) is 0 Å². The van der Waals surface area contributed by atoms with Crippen molar-refractivity contribution in [2.75, 3.05) is 18.0 Å². The fraction of sp³-hybridized carbons (Fsp3) is 0.417. The van der Waals surface area contributed by atoms with Gasteiger partial charge in [0.15, 0.2) is 0 Å². The molecule has 0 amide bonds. The Morgan fingerprint density at radius 2 is 1.75 bits per heavy atom. The molecule has 0 heterocycles. The van der Waals surface area contributed by atoms with Gasteiger partial charge in [0.1, 0.15) is 6.54 Å². The van der Waals surface area contributed by atoms with E-state index < -0.39 is 30.0 Å². The van der Waals surface area contributed by atoms with Crippen LogP contribution in [0.3, 0.4) is 0 Å². The molecule has 0 unspecified atom stereocenters. The predicted octanol–water partition coefficient (Wildman–Crippen LogP) is 3.97. The lowest BCUT2D eigenvalue weighted by Gasteiger charge is -2.25. The van der Waals surface area contributed by atoms with Crippen molar-refractivity contribution in [3.05, 3.63) is 29.3 Å². The second-order valence-corrected chi connectivity index (χ2v) is 3.97. The molecule has 0 atom stereocenters. The van der Waals surface area contributed by atoms with Gasteiger partial charge in [0.05, 0.1) is 17.2 Å². The third-order valence-corrected chi connectivity index (χ3v) is 2.55. The molecule has 0 bridgehead atoms. The average molecular weight is 296 g/mol. The molecule has 0 radical (unpaired) electrons. The first-order valence-electron chi connectivity index (χ1n) is 5.51. The number of benzene rings is 1. The van der Waals surface area contributed by atoms with Gasteiger partial charge in [-0.3, -0.25) is 0 Å². The van der Waals surface area contributed by atoms with E-state index in [1.807, 2.05) is 0 Å². The lowest BCUT2D eigenvalue weighted by atomic mass is 10.1. The standard InChI is InChI=1S/C12H10F6N2/c1-2-20(7-11(13,14)15)9-4-3-8(6-19)10(5-9)12(16,17)18/h3-5H,2,7H2,1H3. The maximum Gasteiger partial charge on any atom is 0.417 e. The molecule has 0 N–H and O–H groups in total. The molecule has 1 aromatic carbocycles. The van der Waals surface area contributed by atoms with Crippen molar-refractivity contribution in [2.45, 2.75) is 19.3 Å². The number of anilines is 1. The minimum absolute atomic E-state index is 0.108. The van der Waals surface area contributed by atoms with Crippen molar-refractivity contribution in [1.29, 1.82) is 5.26 Å². The van der Waals surface area contributed by atoms with Gasteiger partial charge in [0.2, 0.25) is 0 Å². The van der Waals surface area contributed by atoms with Gasteiger partial charge in [-0.2, -0.15) is 31.6 Å². The first-order valence-corrected chi connectivity index (χ1v) is 5.51. The highest BCUT2D eigenvalue weighted by Crippen LogP contribution is 2.35. The Morgan fingerprint density at radius 3 is 2.15 bits per heavy atom. The van der Waals surface area contributed by atoms with Crippen LogP contribution in [0.4, 0.5) is 32.0 Å².